The van der Waals surface area contributed by atoms with E-state index in [4.69, 9.17) is 9.47 Å². The highest BCUT2D eigenvalue weighted by molar-refractivity contribution is 5.70. The zero-order chi connectivity index (χ0) is 20.7. The van der Waals surface area contributed by atoms with Crippen molar-refractivity contribution in [1.82, 2.24) is 5.32 Å². The molecule has 0 bridgehead atoms. The minimum atomic E-state index is -0.251. The summed E-state index contributed by atoms with van der Waals surface area (Å²) in [5.74, 6) is 2.17. The number of ether oxygens (including phenoxy) is 2. The molecule has 1 heterocycles. The smallest absolute Gasteiger partial charge is 0.407 e. The molecule has 4 heteroatoms. The number of nitrogens with one attached hydrogen (secondary N) is 1. The van der Waals surface area contributed by atoms with Crippen LogP contribution in [0.5, 0.6) is 5.75 Å². The summed E-state index contributed by atoms with van der Waals surface area (Å²) >= 11 is 0. The third kappa shape index (κ3) is 3.68. The third-order valence-corrected chi connectivity index (χ3v) is 7.55. The van der Waals surface area contributed by atoms with Crippen LogP contribution in [0.25, 0.3) is 0 Å². The minimum absolute atomic E-state index is 0.126. The molecule has 2 fully saturated rings. The number of benzene rings is 2. The van der Waals surface area contributed by atoms with Crippen molar-refractivity contribution in [1.29, 1.82) is 0 Å². The van der Waals surface area contributed by atoms with E-state index in [0.717, 1.165) is 31.4 Å². The molecule has 4 nitrogen and oxygen atoms in total. The zero-order valence-electron chi connectivity index (χ0n) is 18.0. The second kappa shape index (κ2) is 7.64. The Labute approximate surface area is 179 Å². The number of carbonyl (C=O) groups is 1. The van der Waals surface area contributed by atoms with Crippen LogP contribution < -0.4 is 10.1 Å². The van der Waals surface area contributed by atoms with E-state index in [-0.39, 0.29) is 11.6 Å². The van der Waals surface area contributed by atoms with E-state index in [0.29, 0.717) is 18.4 Å². The lowest BCUT2D eigenvalue weighted by molar-refractivity contribution is 0.172. The number of aryl methyl sites for hydroxylation is 2. The molecule has 2 aromatic rings. The quantitative estimate of drug-likeness (QED) is 0.770. The Bertz CT molecular complexity index is 969. The van der Waals surface area contributed by atoms with Gasteiger partial charge >= 0.3 is 6.09 Å². The van der Waals surface area contributed by atoms with Gasteiger partial charge in [-0.25, -0.2) is 4.79 Å². The molecule has 1 saturated heterocycles. The first-order valence-corrected chi connectivity index (χ1v) is 11.2. The number of amides is 1. The minimum Gasteiger partial charge on any atom is -0.497 e. The number of alkyl carbamates (subject to hydrolysis) is 1. The van der Waals surface area contributed by atoms with Gasteiger partial charge in [0.1, 0.15) is 12.4 Å². The van der Waals surface area contributed by atoms with E-state index >= 15 is 0 Å². The Balaban J connectivity index is 1.26. The lowest BCUT2D eigenvalue weighted by Crippen LogP contribution is -2.40. The Morgan fingerprint density at radius 2 is 2.07 bits per heavy atom. The molecule has 3 aliphatic rings. The number of hydrogen-bond acceptors (Lipinski definition) is 3. The normalized spacial score (nSPS) is 27.6. The van der Waals surface area contributed by atoms with Crippen molar-refractivity contribution in [3.05, 3.63) is 64.2 Å². The fourth-order valence-electron chi connectivity index (χ4n) is 5.76. The first-order valence-electron chi connectivity index (χ1n) is 11.2. The Hall–Kier alpha value is -2.49. The molecular formula is C26H31NO3. The van der Waals surface area contributed by atoms with E-state index in [9.17, 15) is 4.79 Å². The van der Waals surface area contributed by atoms with Crippen LogP contribution in [0.1, 0.15) is 59.4 Å². The van der Waals surface area contributed by atoms with Crippen LogP contribution in [0.15, 0.2) is 36.4 Å². The monoisotopic (exact) mass is 405 g/mol. The molecule has 2 aromatic carbocycles. The fourth-order valence-corrected chi connectivity index (χ4v) is 5.76. The summed E-state index contributed by atoms with van der Waals surface area (Å²) in [5.41, 5.74) is 7.14. The second-order valence-electron chi connectivity index (χ2n) is 9.55. The largest absolute Gasteiger partial charge is 0.497 e. The van der Waals surface area contributed by atoms with Crippen molar-refractivity contribution >= 4 is 6.09 Å². The highest BCUT2D eigenvalue weighted by atomic mass is 16.6. The molecule has 158 valence electrons. The van der Waals surface area contributed by atoms with Gasteiger partial charge in [0, 0.05) is 0 Å². The van der Waals surface area contributed by atoms with Gasteiger partial charge in [-0.05, 0) is 104 Å². The summed E-state index contributed by atoms with van der Waals surface area (Å²) in [6.07, 6.45) is 7.62. The van der Waals surface area contributed by atoms with Gasteiger partial charge in [-0.3, -0.25) is 0 Å². The molecule has 1 N–H and O–H groups in total. The highest BCUT2D eigenvalue weighted by Gasteiger charge is 2.46. The summed E-state index contributed by atoms with van der Waals surface area (Å²) in [6.45, 7) is 2.72. The maximum Gasteiger partial charge on any atom is 0.407 e. The maximum absolute atomic E-state index is 11.5. The van der Waals surface area contributed by atoms with Gasteiger partial charge in [-0.1, -0.05) is 24.3 Å². The Kier molecular flexibility index (Phi) is 4.96. The molecule has 1 saturated carbocycles. The van der Waals surface area contributed by atoms with Gasteiger partial charge in [0.25, 0.3) is 0 Å². The predicted molar refractivity (Wildman–Crippen MR) is 117 cm³/mol. The Morgan fingerprint density at radius 3 is 2.83 bits per heavy atom. The summed E-state index contributed by atoms with van der Waals surface area (Å²) in [5, 5.41) is 3.06. The van der Waals surface area contributed by atoms with Crippen LogP contribution in [0.4, 0.5) is 4.79 Å². The second-order valence-corrected chi connectivity index (χ2v) is 9.55. The van der Waals surface area contributed by atoms with Crippen molar-refractivity contribution in [3.8, 4) is 5.75 Å². The predicted octanol–water partition coefficient (Wildman–Crippen LogP) is 5.10. The van der Waals surface area contributed by atoms with Crippen LogP contribution in [-0.2, 0) is 24.0 Å². The van der Waals surface area contributed by atoms with E-state index in [1.807, 2.05) is 0 Å². The molecule has 2 aliphatic carbocycles. The summed E-state index contributed by atoms with van der Waals surface area (Å²) < 4.78 is 10.5. The lowest BCUT2D eigenvalue weighted by Gasteiger charge is -2.27. The molecule has 1 amide bonds. The van der Waals surface area contributed by atoms with Crippen LogP contribution in [0.2, 0.25) is 0 Å². The maximum atomic E-state index is 11.5. The number of hydrogen-bond donors (Lipinski definition) is 1. The fraction of sp³-hybridized carbons (Fsp3) is 0.500. The number of cyclic esters (lactones) is 1. The summed E-state index contributed by atoms with van der Waals surface area (Å²) in [6, 6.07) is 13.6. The van der Waals surface area contributed by atoms with E-state index in [2.05, 4.69) is 48.6 Å². The molecule has 1 unspecified atom stereocenters. The SMILES string of the molecule is COc1ccc(CC2CCc3cc([C@H]4CC[C@]5(COC(=O)N5)C4)ccc3C2)c(C)c1. The van der Waals surface area contributed by atoms with E-state index < -0.39 is 0 Å². The molecule has 30 heavy (non-hydrogen) atoms. The van der Waals surface area contributed by atoms with Crippen molar-refractivity contribution in [3.63, 3.8) is 0 Å². The van der Waals surface area contributed by atoms with E-state index in [1.165, 1.54) is 47.1 Å². The van der Waals surface area contributed by atoms with Crippen LogP contribution in [0.3, 0.4) is 0 Å². The number of fused-ring (bicyclic) bond motifs is 1. The Morgan fingerprint density at radius 1 is 1.17 bits per heavy atom. The van der Waals surface area contributed by atoms with Crippen molar-refractivity contribution < 1.29 is 14.3 Å². The molecule has 1 spiro atoms. The van der Waals surface area contributed by atoms with Crippen molar-refractivity contribution in [2.45, 2.75) is 63.3 Å². The average Bonchev–Trinajstić information content (AvgIpc) is 3.34. The van der Waals surface area contributed by atoms with Crippen molar-refractivity contribution in [2.24, 2.45) is 5.92 Å². The number of rotatable bonds is 4. The number of carbonyl (C=O) groups excluding carboxylic acids is 1. The standard InChI is InChI=1S/C26H31NO3/c1-17-11-24(29-2)8-7-19(17)12-18-3-4-21-14-22(6-5-20(21)13-18)23-9-10-26(15-23)16-30-25(28)27-26/h5-8,11,14,18,23H,3-4,9-10,12-13,15-16H2,1-2H3,(H,27,28)/t18?,23-,26+/m0/s1. The summed E-state index contributed by atoms with van der Waals surface area (Å²) in [4.78, 5) is 11.5. The third-order valence-electron chi connectivity index (χ3n) is 7.55. The molecule has 0 radical (unpaired) electrons. The first kappa shape index (κ1) is 19.5. The average molecular weight is 406 g/mol. The van der Waals surface area contributed by atoms with Crippen LogP contribution >= 0.6 is 0 Å². The summed E-state index contributed by atoms with van der Waals surface area (Å²) in [7, 11) is 1.73. The molecule has 5 rings (SSSR count). The highest BCUT2D eigenvalue weighted by Crippen LogP contribution is 2.43. The number of methoxy groups -OCH3 is 1. The molecule has 1 aliphatic heterocycles. The zero-order valence-corrected chi connectivity index (χ0v) is 18.0. The van der Waals surface area contributed by atoms with Crippen molar-refractivity contribution in [2.75, 3.05) is 13.7 Å². The van der Waals surface area contributed by atoms with E-state index in [1.54, 1.807) is 7.11 Å². The van der Waals surface area contributed by atoms with Gasteiger partial charge in [-0.15, -0.1) is 0 Å². The lowest BCUT2D eigenvalue weighted by atomic mass is 9.79. The van der Waals surface area contributed by atoms with Gasteiger partial charge in [-0.2, -0.15) is 0 Å². The van der Waals surface area contributed by atoms with Crippen LogP contribution in [0, 0.1) is 12.8 Å². The van der Waals surface area contributed by atoms with Crippen LogP contribution in [-0.4, -0.2) is 25.3 Å². The topological polar surface area (TPSA) is 47.6 Å². The van der Waals surface area contributed by atoms with Gasteiger partial charge in [0.05, 0.1) is 12.6 Å². The first-order chi connectivity index (χ1) is 14.5. The molecule has 3 atom stereocenters. The van der Waals surface area contributed by atoms with Gasteiger partial charge in [0.2, 0.25) is 0 Å². The molecular weight excluding hydrogens is 374 g/mol. The van der Waals surface area contributed by atoms with Gasteiger partial charge < -0.3 is 14.8 Å². The molecule has 0 aromatic heterocycles. The van der Waals surface area contributed by atoms with Gasteiger partial charge in [0.15, 0.2) is 0 Å².